The van der Waals surface area contributed by atoms with E-state index in [1.54, 1.807) is 36.4 Å². The Morgan fingerprint density at radius 3 is 2.38 bits per heavy atom. The number of carbonyl (C=O) groups is 1. The highest BCUT2D eigenvalue weighted by Crippen LogP contribution is 2.14. The van der Waals surface area contributed by atoms with Gasteiger partial charge in [0.1, 0.15) is 5.82 Å². The number of rotatable bonds is 4. The van der Waals surface area contributed by atoms with Crippen LogP contribution in [0.3, 0.4) is 0 Å². The Morgan fingerprint density at radius 1 is 1.19 bits per heavy atom. The minimum absolute atomic E-state index is 0.107. The first-order valence-corrected chi connectivity index (χ1v) is 6.64. The number of halogens is 1. The van der Waals surface area contributed by atoms with E-state index in [0.717, 1.165) is 5.56 Å². The number of benzene rings is 2. The topological polar surface area (TPSA) is 52.9 Å². The second-order valence-corrected chi connectivity index (χ2v) is 4.91. The molecule has 1 unspecified atom stereocenters. The molecule has 0 aromatic heterocycles. The third-order valence-corrected chi connectivity index (χ3v) is 3.18. The fraction of sp³-hybridized carbons (Fsp3) is 0.176. The van der Waals surface area contributed by atoms with Crippen LogP contribution < -0.4 is 5.32 Å². The number of anilines is 1. The fourth-order valence-electron chi connectivity index (χ4n) is 1.96. The van der Waals surface area contributed by atoms with Gasteiger partial charge in [0.2, 0.25) is 5.91 Å². The Labute approximate surface area is 123 Å². The smallest absolute Gasteiger partial charge is 0.227 e. The molecule has 0 aliphatic rings. The summed E-state index contributed by atoms with van der Waals surface area (Å²) in [6.07, 6.45) is 0.544. The first-order chi connectivity index (χ1) is 10.1. The summed E-state index contributed by atoms with van der Waals surface area (Å²) in [7, 11) is 0. The molecule has 2 aromatic rings. The number of nitrogens with one attached hydrogen (secondary N) is 1. The molecule has 2 aromatic carbocycles. The summed E-state index contributed by atoms with van der Waals surface area (Å²) < 4.78 is 12.8. The fourth-order valence-corrected chi connectivity index (χ4v) is 1.96. The normalized spacial score (nSPS) is 11.5. The number of carbonyl (C=O) groups excluding carboxylic acids is 1. The average molecular weight is 282 g/mol. The first kappa shape index (κ1) is 14.7. The van der Waals surface area contributed by atoms with Crippen molar-refractivity contribution in [2.24, 2.45) is 5.92 Å². The number of amides is 1. The van der Waals surface area contributed by atoms with Crippen LogP contribution in [0, 0.1) is 23.1 Å². The highest BCUT2D eigenvalue weighted by Gasteiger charge is 2.13. The minimum Gasteiger partial charge on any atom is -0.326 e. The predicted octanol–water partition coefficient (Wildman–Crippen LogP) is 3.51. The maximum Gasteiger partial charge on any atom is 0.227 e. The van der Waals surface area contributed by atoms with Crippen LogP contribution in [0.4, 0.5) is 10.1 Å². The van der Waals surface area contributed by atoms with Crippen molar-refractivity contribution in [1.29, 1.82) is 5.26 Å². The molecule has 0 heterocycles. The molecule has 4 heteroatoms. The van der Waals surface area contributed by atoms with Gasteiger partial charge >= 0.3 is 0 Å². The first-order valence-electron chi connectivity index (χ1n) is 6.64. The molecule has 0 saturated heterocycles. The minimum atomic E-state index is -0.284. The molecule has 3 nitrogen and oxygen atoms in total. The summed E-state index contributed by atoms with van der Waals surface area (Å²) in [4.78, 5) is 12.1. The van der Waals surface area contributed by atoms with Gasteiger partial charge in [-0.1, -0.05) is 19.1 Å². The van der Waals surface area contributed by atoms with Gasteiger partial charge in [-0.2, -0.15) is 5.26 Å². The van der Waals surface area contributed by atoms with E-state index in [1.807, 2.05) is 13.0 Å². The summed E-state index contributed by atoms with van der Waals surface area (Å²) in [5.74, 6) is -0.622. The zero-order valence-electron chi connectivity index (χ0n) is 11.6. The molecular weight excluding hydrogens is 267 g/mol. The summed E-state index contributed by atoms with van der Waals surface area (Å²) >= 11 is 0. The largest absolute Gasteiger partial charge is 0.326 e. The van der Waals surface area contributed by atoms with Crippen LogP contribution in [0.25, 0.3) is 0 Å². The second-order valence-electron chi connectivity index (χ2n) is 4.91. The summed E-state index contributed by atoms with van der Waals surface area (Å²) in [6.45, 7) is 1.82. The lowest BCUT2D eigenvalue weighted by molar-refractivity contribution is -0.119. The molecule has 0 aliphatic heterocycles. The van der Waals surface area contributed by atoms with E-state index in [0.29, 0.717) is 17.7 Å². The molecule has 106 valence electrons. The average Bonchev–Trinajstić information content (AvgIpc) is 2.50. The van der Waals surface area contributed by atoms with Crippen molar-refractivity contribution in [3.05, 3.63) is 65.5 Å². The van der Waals surface area contributed by atoms with Crippen LogP contribution in [0.2, 0.25) is 0 Å². The Hall–Kier alpha value is -2.67. The molecule has 1 amide bonds. The van der Waals surface area contributed by atoms with Gasteiger partial charge in [0.25, 0.3) is 0 Å². The van der Waals surface area contributed by atoms with Crippen molar-refractivity contribution < 1.29 is 9.18 Å². The van der Waals surface area contributed by atoms with E-state index < -0.39 is 0 Å². The lowest BCUT2D eigenvalue weighted by atomic mass is 10.0. The van der Waals surface area contributed by atoms with Gasteiger partial charge in [-0.05, 0) is 48.4 Å². The SMILES string of the molecule is CC(Cc1ccc(F)cc1)C(=O)Nc1ccc(C#N)cc1. The molecule has 2 rings (SSSR count). The molecule has 21 heavy (non-hydrogen) atoms. The molecular formula is C17H15FN2O. The molecule has 0 aliphatic carbocycles. The lowest BCUT2D eigenvalue weighted by Crippen LogP contribution is -2.22. The van der Waals surface area contributed by atoms with Crippen molar-refractivity contribution >= 4 is 11.6 Å². The highest BCUT2D eigenvalue weighted by atomic mass is 19.1. The van der Waals surface area contributed by atoms with Crippen LogP contribution in [0.1, 0.15) is 18.1 Å². The Morgan fingerprint density at radius 2 is 1.81 bits per heavy atom. The summed E-state index contributed by atoms with van der Waals surface area (Å²) in [5, 5.41) is 11.5. The van der Waals surface area contributed by atoms with Crippen LogP contribution in [0.15, 0.2) is 48.5 Å². The van der Waals surface area contributed by atoms with E-state index >= 15 is 0 Å². The molecule has 0 saturated carbocycles. The van der Waals surface area contributed by atoms with E-state index in [1.165, 1.54) is 12.1 Å². The molecule has 0 fully saturated rings. The van der Waals surface area contributed by atoms with E-state index in [-0.39, 0.29) is 17.6 Å². The lowest BCUT2D eigenvalue weighted by Gasteiger charge is -2.12. The summed E-state index contributed by atoms with van der Waals surface area (Å²) in [5.41, 5.74) is 2.12. The van der Waals surface area contributed by atoms with Crippen LogP contribution in [-0.4, -0.2) is 5.91 Å². The standard InChI is InChI=1S/C17H15FN2O/c1-12(10-13-2-6-15(18)7-3-13)17(21)20-16-8-4-14(11-19)5-9-16/h2-9,12H,10H2,1H3,(H,20,21). The van der Waals surface area contributed by atoms with Gasteiger partial charge in [0.15, 0.2) is 0 Å². The van der Waals surface area contributed by atoms with Crippen LogP contribution >= 0.6 is 0 Å². The van der Waals surface area contributed by atoms with Gasteiger partial charge in [-0.25, -0.2) is 4.39 Å². The Balaban J connectivity index is 1.95. The van der Waals surface area contributed by atoms with Crippen molar-refractivity contribution in [2.45, 2.75) is 13.3 Å². The third-order valence-electron chi connectivity index (χ3n) is 3.18. The predicted molar refractivity (Wildman–Crippen MR) is 79.1 cm³/mol. The van der Waals surface area contributed by atoms with Crippen molar-refractivity contribution in [2.75, 3.05) is 5.32 Å². The number of nitrogens with zero attached hydrogens (tertiary/aromatic N) is 1. The zero-order valence-corrected chi connectivity index (χ0v) is 11.6. The maximum absolute atomic E-state index is 12.8. The van der Waals surface area contributed by atoms with Gasteiger partial charge in [-0.15, -0.1) is 0 Å². The van der Waals surface area contributed by atoms with Crippen molar-refractivity contribution in [1.82, 2.24) is 0 Å². The highest BCUT2D eigenvalue weighted by molar-refractivity contribution is 5.92. The van der Waals surface area contributed by atoms with Gasteiger partial charge in [0.05, 0.1) is 11.6 Å². The van der Waals surface area contributed by atoms with E-state index in [4.69, 9.17) is 5.26 Å². The molecule has 0 spiro atoms. The zero-order chi connectivity index (χ0) is 15.2. The Kier molecular flexibility index (Phi) is 4.68. The number of hydrogen-bond donors (Lipinski definition) is 1. The quantitative estimate of drug-likeness (QED) is 0.932. The Bertz CT molecular complexity index is 657. The van der Waals surface area contributed by atoms with Gasteiger partial charge in [-0.3, -0.25) is 4.79 Å². The molecule has 0 radical (unpaired) electrons. The third kappa shape index (κ3) is 4.15. The van der Waals surface area contributed by atoms with Crippen molar-refractivity contribution in [3.8, 4) is 6.07 Å². The van der Waals surface area contributed by atoms with Crippen LogP contribution in [-0.2, 0) is 11.2 Å². The number of hydrogen-bond acceptors (Lipinski definition) is 2. The van der Waals surface area contributed by atoms with E-state index in [2.05, 4.69) is 5.32 Å². The monoisotopic (exact) mass is 282 g/mol. The van der Waals surface area contributed by atoms with Gasteiger partial charge < -0.3 is 5.32 Å². The summed E-state index contributed by atoms with van der Waals surface area (Å²) in [6, 6.07) is 14.9. The molecule has 1 N–H and O–H groups in total. The number of nitriles is 1. The second kappa shape index (κ2) is 6.67. The molecule has 1 atom stereocenters. The van der Waals surface area contributed by atoms with Crippen molar-refractivity contribution in [3.63, 3.8) is 0 Å². The molecule has 0 bridgehead atoms. The van der Waals surface area contributed by atoms with Crippen LogP contribution in [0.5, 0.6) is 0 Å². The maximum atomic E-state index is 12.8. The van der Waals surface area contributed by atoms with Gasteiger partial charge in [0, 0.05) is 11.6 Å². The van der Waals surface area contributed by atoms with E-state index in [9.17, 15) is 9.18 Å².